The van der Waals surface area contributed by atoms with Gasteiger partial charge in [-0.3, -0.25) is 0 Å². The number of aromatic nitrogens is 2. The number of imidazole rings is 1. The van der Waals surface area contributed by atoms with Crippen molar-refractivity contribution in [1.29, 1.82) is 0 Å². The van der Waals surface area contributed by atoms with Gasteiger partial charge in [0.05, 0.1) is 23.1 Å². The molecule has 7 N–H and O–H groups in total. The number of amidine groups is 1. The number of aryl methyl sites for hydroxylation is 1. The van der Waals surface area contributed by atoms with Gasteiger partial charge < -0.3 is 10.3 Å². The van der Waals surface area contributed by atoms with Crippen molar-refractivity contribution in [3.8, 4) is 11.3 Å². The summed E-state index contributed by atoms with van der Waals surface area (Å²) < 4.78 is 25.2. The third-order valence-corrected chi connectivity index (χ3v) is 3.82. The maximum atomic E-state index is 11.8. The zero-order valence-electron chi connectivity index (χ0n) is 11.2. The Kier molecular flexibility index (Phi) is 3.93. The van der Waals surface area contributed by atoms with Crippen LogP contribution < -0.4 is 22.3 Å². The molecule has 1 aromatic heterocycles. The maximum absolute atomic E-state index is 11.8. The Hall–Kier alpha value is -2.43. The van der Waals surface area contributed by atoms with Crippen LogP contribution in [0.4, 0.5) is 0 Å². The summed E-state index contributed by atoms with van der Waals surface area (Å²) in [6.45, 7) is 0. The van der Waals surface area contributed by atoms with Crippen LogP contribution in [-0.2, 0) is 17.1 Å². The van der Waals surface area contributed by atoms with Crippen LogP contribution in [0.15, 0.2) is 40.7 Å². The number of hydrazine groups is 1. The van der Waals surface area contributed by atoms with E-state index in [0.29, 0.717) is 11.3 Å². The monoisotopic (exact) mass is 309 g/mol. The van der Waals surface area contributed by atoms with Gasteiger partial charge in [0, 0.05) is 18.2 Å². The number of nitrogens with two attached hydrogens (primary N) is 3. The maximum Gasteiger partial charge on any atom is 0.238 e. The molecule has 112 valence electrons. The SMILES string of the molecule is Cn1cncc1-c1cccc(S(N)(=O)=O)c1/C(N)=N/NN. The molecule has 0 saturated carbocycles. The van der Waals surface area contributed by atoms with E-state index < -0.39 is 10.0 Å². The zero-order valence-corrected chi connectivity index (χ0v) is 12.0. The smallest absolute Gasteiger partial charge is 0.238 e. The highest BCUT2D eigenvalue weighted by Gasteiger charge is 2.22. The van der Waals surface area contributed by atoms with E-state index in [4.69, 9.17) is 16.7 Å². The normalized spacial score (nSPS) is 12.4. The summed E-state index contributed by atoms with van der Waals surface area (Å²) in [4.78, 5) is 3.86. The molecule has 0 atom stereocenters. The van der Waals surface area contributed by atoms with Gasteiger partial charge in [-0.2, -0.15) is 0 Å². The van der Waals surface area contributed by atoms with Gasteiger partial charge in [0.25, 0.3) is 0 Å². The van der Waals surface area contributed by atoms with E-state index in [2.05, 4.69) is 10.1 Å². The molecule has 0 fully saturated rings. The molecule has 1 heterocycles. The molecule has 1 aromatic carbocycles. The third kappa shape index (κ3) is 2.86. The molecular weight excluding hydrogens is 294 g/mol. The minimum Gasteiger partial charge on any atom is -0.382 e. The average molecular weight is 309 g/mol. The predicted molar refractivity (Wildman–Crippen MR) is 78.1 cm³/mol. The molecule has 0 aliphatic rings. The van der Waals surface area contributed by atoms with Gasteiger partial charge in [-0.15, -0.1) is 5.10 Å². The van der Waals surface area contributed by atoms with Crippen LogP contribution in [0.5, 0.6) is 0 Å². The quantitative estimate of drug-likeness (QED) is 0.241. The Balaban J connectivity index is 2.84. The van der Waals surface area contributed by atoms with E-state index in [0.717, 1.165) is 0 Å². The van der Waals surface area contributed by atoms with Crippen LogP contribution >= 0.6 is 0 Å². The number of hydrogen-bond donors (Lipinski definition) is 4. The lowest BCUT2D eigenvalue weighted by Crippen LogP contribution is -2.27. The molecule has 21 heavy (non-hydrogen) atoms. The lowest BCUT2D eigenvalue weighted by Gasteiger charge is -2.13. The molecule has 0 aliphatic heterocycles. The molecule has 0 radical (unpaired) electrons. The summed E-state index contributed by atoms with van der Waals surface area (Å²) >= 11 is 0. The first-order valence-corrected chi connectivity index (χ1v) is 7.32. The Morgan fingerprint density at radius 3 is 2.67 bits per heavy atom. The predicted octanol–water partition coefficient (Wildman–Crippen LogP) is -1.18. The van der Waals surface area contributed by atoms with Crippen LogP contribution in [0.25, 0.3) is 11.3 Å². The summed E-state index contributed by atoms with van der Waals surface area (Å²) in [5, 5.41) is 8.88. The van der Waals surface area contributed by atoms with Crippen molar-refractivity contribution in [3.63, 3.8) is 0 Å². The highest BCUT2D eigenvalue weighted by molar-refractivity contribution is 7.89. The van der Waals surface area contributed by atoms with Crippen molar-refractivity contribution >= 4 is 15.9 Å². The Bertz CT molecular complexity index is 795. The fourth-order valence-corrected chi connectivity index (χ4v) is 2.76. The number of nitrogens with zero attached hydrogens (tertiary/aromatic N) is 3. The van der Waals surface area contributed by atoms with Gasteiger partial charge in [-0.1, -0.05) is 12.1 Å². The van der Waals surface area contributed by atoms with Gasteiger partial charge in [0.2, 0.25) is 10.0 Å². The third-order valence-electron chi connectivity index (χ3n) is 2.87. The van der Waals surface area contributed by atoms with E-state index in [-0.39, 0.29) is 16.3 Å². The van der Waals surface area contributed by atoms with Gasteiger partial charge in [0.1, 0.15) is 0 Å². The first kappa shape index (κ1) is 15.0. The summed E-state index contributed by atoms with van der Waals surface area (Å²) in [6.07, 6.45) is 3.16. The first-order chi connectivity index (χ1) is 9.86. The van der Waals surface area contributed by atoms with Gasteiger partial charge >= 0.3 is 0 Å². The molecule has 9 nitrogen and oxygen atoms in total. The van der Waals surface area contributed by atoms with Crippen LogP contribution in [0, 0.1) is 0 Å². The molecule has 0 bridgehead atoms. The minimum atomic E-state index is -3.98. The minimum absolute atomic E-state index is 0.0988. The van der Waals surface area contributed by atoms with Crippen molar-refractivity contribution < 1.29 is 8.42 Å². The van der Waals surface area contributed by atoms with E-state index in [9.17, 15) is 8.42 Å². The van der Waals surface area contributed by atoms with Crippen molar-refractivity contribution in [1.82, 2.24) is 15.1 Å². The van der Waals surface area contributed by atoms with Crippen molar-refractivity contribution in [2.75, 3.05) is 0 Å². The molecular formula is C11H15N7O2S. The number of hydrogen-bond acceptors (Lipinski definition) is 6. The standard InChI is InChI=1S/C11H15N7O2S/c1-18-6-15-5-8(18)7-3-2-4-9(21(14,19)20)10(7)11(12)16-17-13/h2-6,17H,13H2,1H3,(H2,12,16)(H2,14,19,20). The number of rotatable bonds is 4. The van der Waals surface area contributed by atoms with Gasteiger partial charge in [0.15, 0.2) is 5.84 Å². The van der Waals surface area contributed by atoms with Crippen LogP contribution in [0.2, 0.25) is 0 Å². The Morgan fingerprint density at radius 1 is 1.43 bits per heavy atom. The summed E-state index contributed by atoms with van der Waals surface area (Å²) in [5.41, 5.74) is 9.21. The fourth-order valence-electron chi connectivity index (χ4n) is 1.99. The van der Waals surface area contributed by atoms with Crippen LogP contribution in [0.1, 0.15) is 5.56 Å². The Labute approximate surface area is 121 Å². The lowest BCUT2D eigenvalue weighted by molar-refractivity contribution is 0.597. The van der Waals surface area contributed by atoms with Crippen molar-refractivity contribution in [3.05, 3.63) is 36.3 Å². The topological polar surface area (TPSA) is 154 Å². The van der Waals surface area contributed by atoms with Crippen LogP contribution in [0.3, 0.4) is 0 Å². The second-order valence-electron chi connectivity index (χ2n) is 4.24. The van der Waals surface area contributed by atoms with E-state index in [1.807, 2.05) is 5.53 Å². The number of sulfonamides is 1. The first-order valence-electron chi connectivity index (χ1n) is 5.78. The fraction of sp³-hybridized carbons (Fsp3) is 0.0909. The summed E-state index contributed by atoms with van der Waals surface area (Å²) in [6, 6.07) is 4.61. The number of primary sulfonamides is 1. The zero-order chi connectivity index (χ0) is 15.6. The van der Waals surface area contributed by atoms with Gasteiger partial charge in [-0.25, -0.2) is 29.9 Å². The van der Waals surface area contributed by atoms with Crippen molar-refractivity contribution in [2.24, 2.45) is 28.9 Å². The number of nitrogens with one attached hydrogen (secondary N) is 1. The lowest BCUT2D eigenvalue weighted by atomic mass is 10.0. The van der Waals surface area contributed by atoms with E-state index >= 15 is 0 Å². The van der Waals surface area contributed by atoms with Gasteiger partial charge in [-0.05, 0) is 6.07 Å². The molecule has 0 unspecified atom stereocenters. The second-order valence-corrected chi connectivity index (χ2v) is 5.77. The highest BCUT2D eigenvalue weighted by Crippen LogP contribution is 2.27. The Morgan fingerprint density at radius 2 is 2.14 bits per heavy atom. The van der Waals surface area contributed by atoms with E-state index in [1.165, 1.54) is 6.07 Å². The molecule has 0 spiro atoms. The number of benzene rings is 1. The van der Waals surface area contributed by atoms with E-state index in [1.54, 1.807) is 36.3 Å². The molecule has 10 heteroatoms. The second kappa shape index (κ2) is 5.52. The largest absolute Gasteiger partial charge is 0.382 e. The molecule has 0 aliphatic carbocycles. The highest BCUT2D eigenvalue weighted by atomic mass is 32.2. The summed E-state index contributed by atoms with van der Waals surface area (Å²) in [7, 11) is -2.21. The molecule has 2 rings (SSSR count). The summed E-state index contributed by atoms with van der Waals surface area (Å²) in [5.74, 6) is 5.01. The van der Waals surface area contributed by atoms with Crippen molar-refractivity contribution in [2.45, 2.75) is 4.90 Å². The average Bonchev–Trinajstić information content (AvgIpc) is 2.83. The molecule has 2 aromatic rings. The van der Waals surface area contributed by atoms with Crippen LogP contribution in [-0.4, -0.2) is 23.8 Å². The number of hydrazone groups is 1. The molecule has 0 saturated heterocycles. The molecule has 0 amide bonds.